The topological polar surface area (TPSA) is 77.2 Å². The number of H-pyrrole nitrogens is 1. The Balaban J connectivity index is 1.48. The molecule has 0 radical (unpaired) electrons. The third-order valence-electron chi connectivity index (χ3n) is 6.50. The molecule has 2 heterocycles. The largest absolute Gasteiger partial charge is 0.361 e. The number of hydrogen-bond donors (Lipinski definition) is 3. The molecule has 0 atom stereocenters. The number of nitrogens with zero attached hydrogens (tertiary/aromatic N) is 1. The fourth-order valence-corrected chi connectivity index (χ4v) is 6.91. The molecule has 0 saturated heterocycles. The molecule has 0 fully saturated rings. The van der Waals surface area contributed by atoms with Crippen LogP contribution in [0.3, 0.4) is 0 Å². The summed E-state index contributed by atoms with van der Waals surface area (Å²) in [6, 6.07) is 11.2. The summed E-state index contributed by atoms with van der Waals surface area (Å²) < 4.78 is 32.4. The highest BCUT2D eigenvalue weighted by Gasteiger charge is 2.17. The summed E-state index contributed by atoms with van der Waals surface area (Å²) in [5, 5.41) is 3.22. The Labute approximate surface area is 223 Å². The van der Waals surface area contributed by atoms with Crippen LogP contribution in [-0.2, 0) is 16.6 Å². The van der Waals surface area contributed by atoms with Crippen LogP contribution in [0, 0.1) is 6.92 Å². The number of fused-ring (bicyclic) bond motifs is 2. The predicted octanol–water partition coefficient (Wildman–Crippen LogP) is 7.56. The Hall–Kier alpha value is -2.26. The van der Waals surface area contributed by atoms with E-state index in [0.717, 1.165) is 52.6 Å². The van der Waals surface area contributed by atoms with Gasteiger partial charge in [0.1, 0.15) is 5.00 Å². The first-order valence-electron chi connectivity index (χ1n) is 12.6. The van der Waals surface area contributed by atoms with E-state index in [1.165, 1.54) is 42.6 Å². The second kappa shape index (κ2) is 11.9. The molecule has 2 aromatic heterocycles. The van der Waals surface area contributed by atoms with Gasteiger partial charge in [-0.05, 0) is 92.2 Å². The number of benzene rings is 2. The van der Waals surface area contributed by atoms with Crippen molar-refractivity contribution in [2.24, 2.45) is 0 Å². The summed E-state index contributed by atoms with van der Waals surface area (Å²) in [4.78, 5) is 5.88. The molecule has 0 aliphatic heterocycles. The van der Waals surface area contributed by atoms with E-state index in [9.17, 15) is 8.42 Å². The van der Waals surface area contributed by atoms with Gasteiger partial charge >= 0.3 is 10.2 Å². The third kappa shape index (κ3) is 6.54. The molecule has 0 amide bonds. The van der Waals surface area contributed by atoms with Gasteiger partial charge in [-0.3, -0.25) is 9.44 Å². The van der Waals surface area contributed by atoms with E-state index < -0.39 is 10.2 Å². The normalized spacial score (nSPS) is 12.1. The van der Waals surface area contributed by atoms with Gasteiger partial charge in [-0.15, -0.1) is 11.3 Å². The van der Waals surface area contributed by atoms with Crippen LogP contribution < -0.4 is 9.44 Å². The van der Waals surface area contributed by atoms with Crippen LogP contribution in [0.1, 0.15) is 50.7 Å². The maximum atomic E-state index is 13.0. The van der Waals surface area contributed by atoms with Gasteiger partial charge < -0.3 is 9.88 Å². The number of thiophene rings is 1. The van der Waals surface area contributed by atoms with Gasteiger partial charge in [0.15, 0.2) is 0 Å². The van der Waals surface area contributed by atoms with Crippen molar-refractivity contribution in [2.75, 3.05) is 29.1 Å². The van der Waals surface area contributed by atoms with Gasteiger partial charge in [-0.25, -0.2) is 0 Å². The summed E-state index contributed by atoms with van der Waals surface area (Å²) in [6.07, 6.45) is 7.78. The number of rotatable bonds is 13. The minimum atomic E-state index is -3.82. The number of anilines is 2. The smallest absolute Gasteiger partial charge is 0.322 e. The monoisotopic (exact) mass is 546 g/mol. The lowest BCUT2D eigenvalue weighted by Crippen LogP contribution is -2.28. The van der Waals surface area contributed by atoms with Crippen molar-refractivity contribution in [3.8, 4) is 0 Å². The Kier molecular flexibility index (Phi) is 8.83. The van der Waals surface area contributed by atoms with E-state index >= 15 is 0 Å². The van der Waals surface area contributed by atoms with Crippen molar-refractivity contribution in [1.82, 2.24) is 9.88 Å². The highest BCUT2D eigenvalue weighted by Crippen LogP contribution is 2.37. The molecule has 4 aromatic rings. The second-order valence-electron chi connectivity index (χ2n) is 9.28. The Morgan fingerprint density at radius 2 is 1.72 bits per heavy atom. The van der Waals surface area contributed by atoms with Crippen molar-refractivity contribution >= 4 is 64.8 Å². The molecule has 36 heavy (non-hydrogen) atoms. The highest BCUT2D eigenvalue weighted by atomic mass is 35.5. The maximum absolute atomic E-state index is 13.0. The number of aromatic amines is 1. The summed E-state index contributed by atoms with van der Waals surface area (Å²) >= 11 is 7.52. The van der Waals surface area contributed by atoms with Gasteiger partial charge in [0.2, 0.25) is 0 Å². The van der Waals surface area contributed by atoms with Crippen molar-refractivity contribution in [2.45, 2.75) is 52.9 Å². The van der Waals surface area contributed by atoms with Crippen LogP contribution in [0.4, 0.5) is 10.7 Å². The molecule has 194 valence electrons. The SMILES string of the molecule is CCCCN(CCCC)CCc1c[nH]c2ccc(NS(=O)(=O)Nc3sc4ccc(Cl)cc4c3C)cc12. The van der Waals surface area contributed by atoms with Crippen LogP contribution in [-0.4, -0.2) is 37.9 Å². The zero-order valence-electron chi connectivity index (χ0n) is 21.2. The number of hydrogen-bond acceptors (Lipinski definition) is 4. The van der Waals surface area contributed by atoms with Gasteiger partial charge in [0.25, 0.3) is 0 Å². The standard InChI is InChI=1S/C27H35ClN4O2S2/c1-4-6-13-32(14-7-5-2)15-12-20-18-29-25-10-9-22(17-24(20)25)30-36(33,34)31-27-19(3)23-16-21(28)8-11-26(23)35-27/h8-11,16-18,29-31H,4-7,12-15H2,1-3H3. The minimum absolute atomic E-state index is 0.534. The number of aromatic nitrogens is 1. The van der Waals surface area contributed by atoms with Gasteiger partial charge in [-0.1, -0.05) is 38.3 Å². The molecule has 4 rings (SSSR count). The molecule has 3 N–H and O–H groups in total. The maximum Gasteiger partial charge on any atom is 0.322 e. The van der Waals surface area contributed by atoms with Crippen LogP contribution in [0.25, 0.3) is 21.0 Å². The Morgan fingerprint density at radius 3 is 2.44 bits per heavy atom. The van der Waals surface area contributed by atoms with Crippen LogP contribution in [0.2, 0.25) is 5.02 Å². The number of aryl methyl sites for hydroxylation is 1. The van der Waals surface area contributed by atoms with Gasteiger partial charge in [0, 0.05) is 33.4 Å². The van der Waals surface area contributed by atoms with Crippen molar-refractivity contribution < 1.29 is 8.42 Å². The highest BCUT2D eigenvalue weighted by molar-refractivity contribution is 7.94. The fourth-order valence-electron chi connectivity index (χ4n) is 4.42. The minimum Gasteiger partial charge on any atom is -0.361 e. The molecular weight excluding hydrogens is 512 g/mol. The van der Waals surface area contributed by atoms with E-state index in [2.05, 4.69) is 33.2 Å². The van der Waals surface area contributed by atoms with Crippen LogP contribution >= 0.6 is 22.9 Å². The average molecular weight is 547 g/mol. The Morgan fingerprint density at radius 1 is 0.972 bits per heavy atom. The second-order valence-corrected chi connectivity index (χ2v) is 12.2. The van der Waals surface area contributed by atoms with Gasteiger partial charge in [-0.2, -0.15) is 8.42 Å². The van der Waals surface area contributed by atoms with Crippen molar-refractivity contribution in [3.05, 3.63) is 58.7 Å². The first-order valence-corrected chi connectivity index (χ1v) is 15.3. The first kappa shape index (κ1) is 26.8. The van der Waals surface area contributed by atoms with Crippen LogP contribution in [0.15, 0.2) is 42.6 Å². The quantitative estimate of drug-likeness (QED) is 0.162. The summed E-state index contributed by atoms with van der Waals surface area (Å²) in [7, 11) is -3.82. The van der Waals surface area contributed by atoms with E-state index in [0.29, 0.717) is 15.7 Å². The first-order chi connectivity index (χ1) is 17.3. The van der Waals surface area contributed by atoms with Crippen molar-refractivity contribution in [3.63, 3.8) is 0 Å². The lowest BCUT2D eigenvalue weighted by atomic mass is 10.1. The molecule has 2 aromatic carbocycles. The molecule has 0 unspecified atom stereocenters. The molecule has 6 nitrogen and oxygen atoms in total. The zero-order chi connectivity index (χ0) is 25.7. The Bertz CT molecular complexity index is 1420. The number of unbranched alkanes of at least 4 members (excludes halogenated alkanes) is 2. The number of nitrogens with one attached hydrogen (secondary N) is 3. The van der Waals surface area contributed by atoms with E-state index in [1.807, 2.05) is 43.5 Å². The average Bonchev–Trinajstić information content (AvgIpc) is 3.38. The van der Waals surface area contributed by atoms with Gasteiger partial charge in [0.05, 0.1) is 5.69 Å². The lowest BCUT2D eigenvalue weighted by Gasteiger charge is -2.21. The molecule has 0 aliphatic carbocycles. The molecule has 0 spiro atoms. The zero-order valence-corrected chi connectivity index (χ0v) is 23.5. The van der Waals surface area contributed by atoms with E-state index in [4.69, 9.17) is 11.6 Å². The fraction of sp³-hybridized carbons (Fsp3) is 0.407. The van der Waals surface area contributed by atoms with Crippen LogP contribution in [0.5, 0.6) is 0 Å². The number of halogens is 1. The van der Waals surface area contributed by atoms with E-state index in [1.54, 1.807) is 6.07 Å². The molecule has 9 heteroatoms. The molecule has 0 saturated carbocycles. The molecule has 0 aliphatic rings. The van der Waals surface area contributed by atoms with E-state index in [-0.39, 0.29) is 0 Å². The third-order valence-corrected chi connectivity index (χ3v) is 9.03. The predicted molar refractivity (Wildman–Crippen MR) is 156 cm³/mol. The summed E-state index contributed by atoms with van der Waals surface area (Å²) in [6.45, 7) is 9.60. The summed E-state index contributed by atoms with van der Waals surface area (Å²) in [5.41, 5.74) is 3.61. The molecule has 0 bridgehead atoms. The lowest BCUT2D eigenvalue weighted by molar-refractivity contribution is 0.268. The van der Waals surface area contributed by atoms with Crippen molar-refractivity contribution in [1.29, 1.82) is 0 Å². The molecular formula is C27H35ClN4O2S2. The summed E-state index contributed by atoms with van der Waals surface area (Å²) in [5.74, 6) is 0.